The number of para-hydroxylation sites is 1. The molecule has 1 fully saturated rings. The molecule has 0 aromatic heterocycles. The van der Waals surface area contributed by atoms with E-state index in [1.54, 1.807) is 0 Å². The molecule has 0 spiro atoms. The highest BCUT2D eigenvalue weighted by Crippen LogP contribution is 2.26. The van der Waals surface area contributed by atoms with E-state index in [9.17, 15) is 0 Å². The van der Waals surface area contributed by atoms with Crippen LogP contribution in [0.5, 0.6) is 0 Å². The van der Waals surface area contributed by atoms with Crippen molar-refractivity contribution in [3.8, 4) is 0 Å². The standard InChI is InChI=1S/C14H19ClN2/c1-10(2)12-5-3-4-6-13(12)16-9-11-7-8-14(15)17-11/h3-6,9-11,14,17H,7-8H2,1-2H3. The molecule has 92 valence electrons. The predicted molar refractivity (Wildman–Crippen MR) is 74.5 cm³/mol. The highest BCUT2D eigenvalue weighted by atomic mass is 35.5. The number of hydrogen-bond donors (Lipinski definition) is 1. The quantitative estimate of drug-likeness (QED) is 0.492. The van der Waals surface area contributed by atoms with E-state index < -0.39 is 0 Å². The third-order valence-electron chi connectivity index (χ3n) is 3.08. The van der Waals surface area contributed by atoms with Crippen LogP contribution in [0.3, 0.4) is 0 Å². The lowest BCUT2D eigenvalue weighted by molar-refractivity contribution is 0.743. The van der Waals surface area contributed by atoms with Gasteiger partial charge in [0.2, 0.25) is 0 Å². The second-order valence-electron chi connectivity index (χ2n) is 4.81. The minimum absolute atomic E-state index is 0.104. The van der Waals surface area contributed by atoms with E-state index in [1.807, 2.05) is 12.3 Å². The third-order valence-corrected chi connectivity index (χ3v) is 3.42. The summed E-state index contributed by atoms with van der Waals surface area (Å²) in [5.41, 5.74) is 2.47. The monoisotopic (exact) mass is 250 g/mol. The highest BCUT2D eigenvalue weighted by molar-refractivity contribution is 6.20. The van der Waals surface area contributed by atoms with Crippen LogP contribution in [0.1, 0.15) is 38.2 Å². The van der Waals surface area contributed by atoms with Crippen molar-refractivity contribution in [3.63, 3.8) is 0 Å². The molecule has 0 saturated carbocycles. The van der Waals surface area contributed by atoms with Gasteiger partial charge in [0.25, 0.3) is 0 Å². The van der Waals surface area contributed by atoms with Gasteiger partial charge in [0, 0.05) is 12.3 Å². The van der Waals surface area contributed by atoms with Crippen molar-refractivity contribution in [3.05, 3.63) is 29.8 Å². The molecule has 0 radical (unpaired) electrons. The fourth-order valence-corrected chi connectivity index (χ4v) is 2.39. The van der Waals surface area contributed by atoms with Gasteiger partial charge in [-0.15, -0.1) is 11.6 Å². The molecule has 1 heterocycles. The lowest BCUT2D eigenvalue weighted by atomic mass is 10.0. The van der Waals surface area contributed by atoms with E-state index in [0.29, 0.717) is 12.0 Å². The predicted octanol–water partition coefficient (Wildman–Crippen LogP) is 3.83. The summed E-state index contributed by atoms with van der Waals surface area (Å²) in [5, 5.41) is 3.29. The number of nitrogens with one attached hydrogen (secondary N) is 1. The van der Waals surface area contributed by atoms with Crippen molar-refractivity contribution >= 4 is 23.5 Å². The summed E-state index contributed by atoms with van der Waals surface area (Å²) in [6.07, 6.45) is 4.08. The number of alkyl halides is 1. The largest absolute Gasteiger partial charge is 0.293 e. The molecule has 2 atom stereocenters. The van der Waals surface area contributed by atoms with Crippen LogP contribution in [0.4, 0.5) is 5.69 Å². The summed E-state index contributed by atoms with van der Waals surface area (Å²) in [6.45, 7) is 4.38. The maximum atomic E-state index is 6.00. The first-order valence-corrected chi connectivity index (χ1v) is 6.63. The number of nitrogens with zero attached hydrogens (tertiary/aromatic N) is 1. The van der Waals surface area contributed by atoms with Gasteiger partial charge in [-0.05, 0) is 30.4 Å². The topological polar surface area (TPSA) is 24.4 Å². The Labute approximate surface area is 108 Å². The van der Waals surface area contributed by atoms with Crippen LogP contribution in [-0.2, 0) is 0 Å². The zero-order valence-corrected chi connectivity index (χ0v) is 11.1. The van der Waals surface area contributed by atoms with Crippen LogP contribution < -0.4 is 5.32 Å². The Morgan fingerprint density at radius 2 is 2.12 bits per heavy atom. The molecule has 1 aromatic rings. The van der Waals surface area contributed by atoms with Crippen LogP contribution in [0, 0.1) is 0 Å². The number of rotatable bonds is 3. The van der Waals surface area contributed by atoms with Gasteiger partial charge in [-0.1, -0.05) is 32.0 Å². The van der Waals surface area contributed by atoms with E-state index in [-0.39, 0.29) is 5.50 Å². The van der Waals surface area contributed by atoms with Gasteiger partial charge in [0.05, 0.1) is 11.2 Å². The highest BCUT2D eigenvalue weighted by Gasteiger charge is 2.19. The minimum atomic E-state index is 0.104. The zero-order chi connectivity index (χ0) is 12.3. The average molecular weight is 251 g/mol. The summed E-state index contributed by atoms with van der Waals surface area (Å²) >= 11 is 6.00. The lowest BCUT2D eigenvalue weighted by Gasteiger charge is -2.09. The molecule has 0 bridgehead atoms. The maximum Gasteiger partial charge on any atom is 0.0831 e. The fraction of sp³-hybridized carbons (Fsp3) is 0.500. The molecule has 1 aliphatic heterocycles. The Balaban J connectivity index is 2.10. The number of halogens is 1. The molecular formula is C14H19ClN2. The van der Waals surface area contributed by atoms with E-state index in [0.717, 1.165) is 18.5 Å². The molecule has 0 amide bonds. The van der Waals surface area contributed by atoms with Crippen molar-refractivity contribution in [2.24, 2.45) is 4.99 Å². The van der Waals surface area contributed by atoms with Crippen LogP contribution in [0.25, 0.3) is 0 Å². The second-order valence-corrected chi connectivity index (χ2v) is 5.34. The second kappa shape index (κ2) is 5.65. The Morgan fingerprint density at radius 1 is 1.35 bits per heavy atom. The van der Waals surface area contributed by atoms with Crippen LogP contribution in [-0.4, -0.2) is 17.8 Å². The zero-order valence-electron chi connectivity index (χ0n) is 10.4. The molecule has 1 N–H and O–H groups in total. The van der Waals surface area contributed by atoms with Crippen molar-refractivity contribution in [1.82, 2.24) is 5.32 Å². The number of aliphatic imine (C=N–C) groups is 1. The van der Waals surface area contributed by atoms with Gasteiger partial charge in [-0.25, -0.2) is 0 Å². The summed E-state index contributed by atoms with van der Waals surface area (Å²) in [5.74, 6) is 0.501. The van der Waals surface area contributed by atoms with Crippen molar-refractivity contribution in [2.45, 2.75) is 44.1 Å². The van der Waals surface area contributed by atoms with Crippen LogP contribution in [0.15, 0.2) is 29.3 Å². The Morgan fingerprint density at radius 3 is 2.76 bits per heavy atom. The summed E-state index contributed by atoms with van der Waals surface area (Å²) in [4.78, 5) is 4.60. The van der Waals surface area contributed by atoms with Crippen molar-refractivity contribution in [1.29, 1.82) is 0 Å². The average Bonchev–Trinajstić information content (AvgIpc) is 2.73. The Kier molecular flexibility index (Phi) is 4.19. The normalized spacial score (nSPS) is 24.9. The van der Waals surface area contributed by atoms with Crippen molar-refractivity contribution in [2.75, 3.05) is 0 Å². The Bertz CT molecular complexity index is 401. The molecule has 3 heteroatoms. The minimum Gasteiger partial charge on any atom is -0.293 e. The lowest BCUT2D eigenvalue weighted by Crippen LogP contribution is -2.26. The summed E-state index contributed by atoms with van der Waals surface area (Å²) < 4.78 is 0. The maximum absolute atomic E-state index is 6.00. The molecule has 2 unspecified atom stereocenters. The van der Waals surface area contributed by atoms with Crippen molar-refractivity contribution < 1.29 is 0 Å². The molecule has 0 aliphatic carbocycles. The van der Waals surface area contributed by atoms with E-state index >= 15 is 0 Å². The molecular weight excluding hydrogens is 232 g/mol. The summed E-state index contributed by atoms with van der Waals surface area (Å²) in [7, 11) is 0. The summed E-state index contributed by atoms with van der Waals surface area (Å²) in [6, 6.07) is 8.63. The van der Waals surface area contributed by atoms with Gasteiger partial charge in [0.15, 0.2) is 0 Å². The van der Waals surface area contributed by atoms with Crippen LogP contribution >= 0.6 is 11.6 Å². The van der Waals surface area contributed by atoms with Gasteiger partial charge < -0.3 is 0 Å². The molecule has 17 heavy (non-hydrogen) atoms. The van der Waals surface area contributed by atoms with E-state index in [4.69, 9.17) is 11.6 Å². The number of benzene rings is 1. The molecule has 1 saturated heterocycles. The van der Waals surface area contributed by atoms with E-state index in [2.05, 4.69) is 42.4 Å². The SMILES string of the molecule is CC(C)c1ccccc1N=CC1CCC(Cl)N1. The molecule has 1 aromatic carbocycles. The molecule has 1 aliphatic rings. The smallest absolute Gasteiger partial charge is 0.0831 e. The first-order valence-electron chi connectivity index (χ1n) is 6.20. The first kappa shape index (κ1) is 12.6. The Hall–Kier alpha value is -0.860. The van der Waals surface area contributed by atoms with Gasteiger partial charge in [-0.2, -0.15) is 0 Å². The van der Waals surface area contributed by atoms with Crippen LogP contribution in [0.2, 0.25) is 0 Å². The number of hydrogen-bond acceptors (Lipinski definition) is 2. The van der Waals surface area contributed by atoms with Gasteiger partial charge in [0.1, 0.15) is 0 Å². The fourth-order valence-electron chi connectivity index (χ4n) is 2.11. The molecule has 2 rings (SSSR count). The first-order chi connectivity index (χ1) is 8.16. The molecule has 2 nitrogen and oxygen atoms in total. The van der Waals surface area contributed by atoms with Gasteiger partial charge in [-0.3, -0.25) is 10.3 Å². The van der Waals surface area contributed by atoms with E-state index in [1.165, 1.54) is 5.56 Å². The third kappa shape index (κ3) is 3.30. The van der Waals surface area contributed by atoms with Gasteiger partial charge >= 0.3 is 0 Å².